The van der Waals surface area contributed by atoms with Crippen LogP contribution in [0.25, 0.3) is 6.08 Å². The van der Waals surface area contributed by atoms with E-state index in [1.807, 2.05) is 0 Å². The highest BCUT2D eigenvalue weighted by Gasteiger charge is 2.16. The fraction of sp³-hybridized carbons (Fsp3) is 0.250. The molecule has 0 aliphatic carbocycles. The summed E-state index contributed by atoms with van der Waals surface area (Å²) >= 11 is 1.15. The van der Waals surface area contributed by atoms with Crippen molar-refractivity contribution in [3.63, 3.8) is 0 Å². The van der Waals surface area contributed by atoms with E-state index < -0.39 is 12.0 Å². The van der Waals surface area contributed by atoms with Crippen molar-refractivity contribution < 1.29 is 19.5 Å². The van der Waals surface area contributed by atoms with Crippen LogP contribution >= 0.6 is 11.3 Å². The second-order valence-electron chi connectivity index (χ2n) is 3.68. The van der Waals surface area contributed by atoms with Crippen molar-refractivity contribution in [1.82, 2.24) is 10.6 Å². The van der Waals surface area contributed by atoms with Gasteiger partial charge in [0.1, 0.15) is 6.04 Å². The molecule has 0 spiro atoms. The molecule has 19 heavy (non-hydrogen) atoms. The van der Waals surface area contributed by atoms with Crippen molar-refractivity contribution in [2.75, 3.05) is 7.05 Å². The second-order valence-corrected chi connectivity index (χ2v) is 4.80. The van der Waals surface area contributed by atoms with Gasteiger partial charge in [-0.15, -0.1) is 11.3 Å². The maximum atomic E-state index is 11.8. The van der Waals surface area contributed by atoms with Gasteiger partial charge in [0.15, 0.2) is 0 Å². The van der Waals surface area contributed by atoms with Crippen molar-refractivity contribution >= 4 is 35.2 Å². The van der Waals surface area contributed by atoms with E-state index in [0.717, 1.165) is 17.4 Å². The van der Waals surface area contributed by atoms with Crippen LogP contribution in [0.15, 0.2) is 18.2 Å². The van der Waals surface area contributed by atoms with E-state index in [2.05, 4.69) is 10.6 Å². The smallest absolute Gasteiger partial charge is 0.328 e. The Morgan fingerprint density at radius 3 is 2.63 bits per heavy atom. The van der Waals surface area contributed by atoms with Crippen LogP contribution in [0.2, 0.25) is 0 Å². The summed E-state index contributed by atoms with van der Waals surface area (Å²) in [5.74, 6) is -1.69. The summed E-state index contributed by atoms with van der Waals surface area (Å²) in [7, 11) is 1.49. The molecule has 1 heterocycles. The lowest BCUT2D eigenvalue weighted by Crippen LogP contribution is -2.43. The Bertz CT molecular complexity index is 522. The average molecular weight is 282 g/mol. The van der Waals surface area contributed by atoms with Gasteiger partial charge < -0.3 is 15.7 Å². The van der Waals surface area contributed by atoms with Crippen molar-refractivity contribution in [3.8, 4) is 0 Å². The third-order valence-electron chi connectivity index (χ3n) is 2.23. The standard InChI is InChI=1S/C12H14N2O4S/c1-7(11(17)13-2)14-12(18)9-5-3-8(19-9)4-6-10(15)16/h3-7H,1-2H3,(H,13,17)(H,14,18)(H,15,16). The van der Waals surface area contributed by atoms with E-state index in [1.165, 1.54) is 13.1 Å². The monoisotopic (exact) mass is 282 g/mol. The van der Waals surface area contributed by atoms with Crippen LogP contribution in [0.3, 0.4) is 0 Å². The first-order valence-corrected chi connectivity index (χ1v) is 6.29. The highest BCUT2D eigenvalue weighted by molar-refractivity contribution is 7.14. The Kier molecular flexibility index (Phi) is 5.25. The average Bonchev–Trinajstić information content (AvgIpc) is 2.84. The molecule has 0 saturated heterocycles. The molecule has 0 saturated carbocycles. The van der Waals surface area contributed by atoms with Crippen molar-refractivity contribution in [1.29, 1.82) is 0 Å². The van der Waals surface area contributed by atoms with E-state index in [0.29, 0.717) is 9.75 Å². The zero-order valence-electron chi connectivity index (χ0n) is 10.5. The number of rotatable bonds is 5. The van der Waals surface area contributed by atoms with Crippen molar-refractivity contribution in [2.24, 2.45) is 0 Å². The lowest BCUT2D eigenvalue weighted by atomic mass is 10.3. The number of likely N-dealkylation sites (N-methyl/N-ethyl adjacent to an activating group) is 1. The molecule has 0 bridgehead atoms. The van der Waals surface area contributed by atoms with Crippen molar-refractivity contribution in [2.45, 2.75) is 13.0 Å². The quantitative estimate of drug-likeness (QED) is 0.693. The number of aliphatic carboxylic acids is 1. The van der Waals surface area contributed by atoms with Gasteiger partial charge in [0, 0.05) is 18.0 Å². The summed E-state index contributed by atoms with van der Waals surface area (Å²) in [6.07, 6.45) is 2.41. The molecule has 0 fully saturated rings. The number of nitrogens with one attached hydrogen (secondary N) is 2. The number of thiophene rings is 1. The largest absolute Gasteiger partial charge is 0.478 e. The normalized spacial score (nSPS) is 12.1. The molecule has 1 atom stereocenters. The Balaban J connectivity index is 2.68. The van der Waals surface area contributed by atoms with Gasteiger partial charge in [-0.1, -0.05) is 0 Å². The molecule has 0 aromatic carbocycles. The summed E-state index contributed by atoms with van der Waals surface area (Å²) in [4.78, 5) is 34.5. The number of carbonyl (C=O) groups is 3. The van der Waals surface area contributed by atoms with Crippen LogP contribution in [-0.4, -0.2) is 36.0 Å². The lowest BCUT2D eigenvalue weighted by Gasteiger charge is -2.10. The molecule has 102 valence electrons. The molecule has 1 aromatic rings. The Labute approximate surface area is 114 Å². The second kappa shape index (κ2) is 6.69. The highest BCUT2D eigenvalue weighted by atomic mass is 32.1. The molecular formula is C12H14N2O4S. The van der Waals surface area contributed by atoms with Gasteiger partial charge >= 0.3 is 5.97 Å². The van der Waals surface area contributed by atoms with Crippen LogP contribution < -0.4 is 10.6 Å². The predicted molar refractivity (Wildman–Crippen MR) is 72.0 cm³/mol. The maximum Gasteiger partial charge on any atom is 0.328 e. The van der Waals surface area contributed by atoms with Gasteiger partial charge in [-0.2, -0.15) is 0 Å². The summed E-state index contributed by atoms with van der Waals surface area (Å²) in [6, 6.07) is 2.60. The Morgan fingerprint density at radius 1 is 1.37 bits per heavy atom. The van der Waals surface area contributed by atoms with Crippen LogP contribution in [-0.2, 0) is 9.59 Å². The number of hydrogen-bond donors (Lipinski definition) is 3. The third kappa shape index (κ3) is 4.55. The first-order chi connectivity index (χ1) is 8.93. The van der Waals surface area contributed by atoms with Gasteiger partial charge in [0.05, 0.1) is 4.88 Å². The third-order valence-corrected chi connectivity index (χ3v) is 3.28. The molecule has 0 aliphatic heterocycles. The minimum absolute atomic E-state index is 0.282. The van der Waals surface area contributed by atoms with Gasteiger partial charge in [0.2, 0.25) is 5.91 Å². The highest BCUT2D eigenvalue weighted by Crippen LogP contribution is 2.17. The molecule has 1 rings (SSSR count). The number of carboxylic acid groups (broad SMARTS) is 1. The van der Waals surface area contributed by atoms with Crippen LogP contribution in [0.4, 0.5) is 0 Å². The van der Waals surface area contributed by atoms with Crippen molar-refractivity contribution in [3.05, 3.63) is 28.0 Å². The molecule has 0 aliphatic rings. The molecule has 1 aromatic heterocycles. The van der Waals surface area contributed by atoms with Crippen LogP contribution in [0, 0.1) is 0 Å². The topological polar surface area (TPSA) is 95.5 Å². The molecule has 2 amide bonds. The van der Waals surface area contributed by atoms with Gasteiger partial charge in [-0.05, 0) is 25.1 Å². The first kappa shape index (κ1) is 14.9. The number of carbonyl (C=O) groups excluding carboxylic acids is 2. The van der Waals surface area contributed by atoms with E-state index in [4.69, 9.17) is 5.11 Å². The molecule has 1 unspecified atom stereocenters. The molecular weight excluding hydrogens is 268 g/mol. The summed E-state index contributed by atoms with van der Waals surface area (Å²) in [5.41, 5.74) is 0. The molecule has 7 heteroatoms. The molecule has 0 radical (unpaired) electrons. The summed E-state index contributed by atoms with van der Waals surface area (Å²) < 4.78 is 0. The van der Waals surface area contributed by atoms with E-state index in [9.17, 15) is 14.4 Å². The fourth-order valence-electron chi connectivity index (χ4n) is 1.27. The van der Waals surface area contributed by atoms with Gasteiger partial charge in [-0.3, -0.25) is 9.59 Å². The zero-order valence-corrected chi connectivity index (χ0v) is 11.3. The van der Waals surface area contributed by atoms with Gasteiger partial charge in [0.25, 0.3) is 5.91 Å². The molecule has 6 nitrogen and oxygen atoms in total. The van der Waals surface area contributed by atoms with E-state index in [-0.39, 0.29) is 11.8 Å². The van der Waals surface area contributed by atoms with Crippen LogP contribution in [0.1, 0.15) is 21.5 Å². The lowest BCUT2D eigenvalue weighted by molar-refractivity contribution is -0.131. The Hall–Kier alpha value is -2.15. The SMILES string of the molecule is CNC(=O)C(C)NC(=O)c1ccc(C=CC(=O)O)s1. The van der Waals surface area contributed by atoms with E-state index in [1.54, 1.807) is 19.1 Å². The number of amides is 2. The maximum absolute atomic E-state index is 11.8. The summed E-state index contributed by atoms with van der Waals surface area (Å²) in [5, 5.41) is 13.5. The molecule has 3 N–H and O–H groups in total. The zero-order chi connectivity index (χ0) is 14.4. The van der Waals surface area contributed by atoms with Crippen LogP contribution in [0.5, 0.6) is 0 Å². The number of carboxylic acids is 1. The minimum atomic E-state index is -1.05. The van der Waals surface area contributed by atoms with E-state index >= 15 is 0 Å². The summed E-state index contributed by atoms with van der Waals surface area (Å²) in [6.45, 7) is 1.58. The minimum Gasteiger partial charge on any atom is -0.478 e. The predicted octanol–water partition coefficient (Wildman–Crippen LogP) is 0.710. The number of hydrogen-bond acceptors (Lipinski definition) is 4. The first-order valence-electron chi connectivity index (χ1n) is 5.47. The van der Waals surface area contributed by atoms with Gasteiger partial charge in [-0.25, -0.2) is 4.79 Å². The Morgan fingerprint density at radius 2 is 2.05 bits per heavy atom. The fourth-order valence-corrected chi connectivity index (χ4v) is 2.08.